The van der Waals surface area contributed by atoms with E-state index in [0.29, 0.717) is 6.42 Å². The van der Waals surface area contributed by atoms with Crippen LogP contribution in [0.25, 0.3) is 0 Å². The van der Waals surface area contributed by atoms with Crippen molar-refractivity contribution in [2.45, 2.75) is 45.1 Å². The number of carbonyl (C=O) groups is 1. The van der Waals surface area contributed by atoms with Crippen LogP contribution in [0.3, 0.4) is 0 Å². The molecule has 5 heteroatoms. The number of carboxylic acid groups (broad SMARTS) is 1. The zero-order chi connectivity index (χ0) is 12.5. The maximum Gasteiger partial charge on any atom is 0.329 e. The van der Waals surface area contributed by atoms with E-state index in [2.05, 4.69) is 11.9 Å². The summed E-state index contributed by atoms with van der Waals surface area (Å²) in [7, 11) is 0. The van der Waals surface area contributed by atoms with Crippen LogP contribution in [-0.2, 0) is 11.2 Å². The second kappa shape index (κ2) is 4.64. The van der Waals surface area contributed by atoms with Gasteiger partial charge in [0.15, 0.2) is 5.13 Å². The Morgan fingerprint density at radius 1 is 1.65 bits per heavy atom. The van der Waals surface area contributed by atoms with Gasteiger partial charge in [0.05, 0.1) is 5.69 Å². The first-order valence-electron chi connectivity index (χ1n) is 6.03. The molecule has 0 saturated carbocycles. The fourth-order valence-electron chi connectivity index (χ4n) is 2.23. The maximum absolute atomic E-state index is 11.5. The van der Waals surface area contributed by atoms with Gasteiger partial charge < -0.3 is 10.0 Å². The average molecular weight is 254 g/mol. The highest BCUT2D eigenvalue weighted by Gasteiger charge is 2.42. The van der Waals surface area contributed by atoms with Crippen molar-refractivity contribution in [1.82, 2.24) is 4.98 Å². The zero-order valence-corrected chi connectivity index (χ0v) is 11.1. The fourth-order valence-corrected chi connectivity index (χ4v) is 3.28. The largest absolute Gasteiger partial charge is 0.480 e. The number of nitrogens with zero attached hydrogens (tertiary/aromatic N) is 2. The topological polar surface area (TPSA) is 53.4 Å². The van der Waals surface area contributed by atoms with Crippen LogP contribution in [0.2, 0.25) is 0 Å². The van der Waals surface area contributed by atoms with Crippen molar-refractivity contribution in [2.24, 2.45) is 0 Å². The maximum atomic E-state index is 11.5. The van der Waals surface area contributed by atoms with E-state index in [1.54, 1.807) is 11.3 Å². The molecule has 4 nitrogen and oxygen atoms in total. The average Bonchev–Trinajstić information content (AvgIpc) is 2.78. The number of aryl methyl sites for hydroxylation is 1. The lowest BCUT2D eigenvalue weighted by Gasteiger charge is -2.41. The minimum Gasteiger partial charge on any atom is -0.480 e. The number of thiazole rings is 1. The second-order valence-electron chi connectivity index (χ2n) is 4.66. The molecule has 1 fully saturated rings. The number of hydrogen-bond donors (Lipinski definition) is 1. The summed E-state index contributed by atoms with van der Waals surface area (Å²) in [5.41, 5.74) is 0.254. The quantitative estimate of drug-likeness (QED) is 0.900. The first-order valence-corrected chi connectivity index (χ1v) is 6.91. The van der Waals surface area contributed by atoms with Crippen LogP contribution >= 0.6 is 11.3 Å². The predicted molar refractivity (Wildman–Crippen MR) is 68.7 cm³/mol. The van der Waals surface area contributed by atoms with Gasteiger partial charge in [0.2, 0.25) is 0 Å². The molecule has 94 valence electrons. The van der Waals surface area contributed by atoms with Crippen molar-refractivity contribution in [3.05, 3.63) is 11.1 Å². The molecule has 0 aromatic carbocycles. The van der Waals surface area contributed by atoms with Crippen LogP contribution in [0.15, 0.2) is 5.38 Å². The van der Waals surface area contributed by atoms with Crippen molar-refractivity contribution in [3.8, 4) is 0 Å². The van der Waals surface area contributed by atoms with Gasteiger partial charge in [-0.15, -0.1) is 11.3 Å². The Balaban J connectivity index is 2.30. The molecule has 1 aliphatic rings. The molecule has 1 aliphatic heterocycles. The summed E-state index contributed by atoms with van der Waals surface area (Å²) in [5.74, 6) is -0.745. The monoisotopic (exact) mass is 254 g/mol. The standard InChI is InChI=1S/C12H18N2O2S/c1-3-9-8-17-11(13-9)14-7-5-4-6-12(14,2)10(15)16/h8H,3-7H2,1-2H3,(H,15,16). The summed E-state index contributed by atoms with van der Waals surface area (Å²) in [6.07, 6.45) is 3.62. The molecular weight excluding hydrogens is 236 g/mol. The second-order valence-corrected chi connectivity index (χ2v) is 5.50. The number of anilines is 1. The Kier molecular flexibility index (Phi) is 3.38. The van der Waals surface area contributed by atoms with E-state index in [0.717, 1.165) is 36.6 Å². The summed E-state index contributed by atoms with van der Waals surface area (Å²) >= 11 is 1.55. The van der Waals surface area contributed by atoms with E-state index in [-0.39, 0.29) is 0 Å². The van der Waals surface area contributed by atoms with Crippen LogP contribution in [0.4, 0.5) is 5.13 Å². The van der Waals surface area contributed by atoms with Crippen molar-refractivity contribution >= 4 is 22.4 Å². The van der Waals surface area contributed by atoms with E-state index in [1.807, 2.05) is 17.2 Å². The highest BCUT2D eigenvalue weighted by atomic mass is 32.1. The number of piperidine rings is 1. The van der Waals surface area contributed by atoms with E-state index in [1.165, 1.54) is 0 Å². The molecule has 0 amide bonds. The van der Waals surface area contributed by atoms with Gasteiger partial charge >= 0.3 is 5.97 Å². The van der Waals surface area contributed by atoms with Crippen LogP contribution in [0.5, 0.6) is 0 Å². The summed E-state index contributed by atoms with van der Waals surface area (Å²) in [6.45, 7) is 4.66. The normalized spacial score (nSPS) is 24.9. The van der Waals surface area contributed by atoms with Crippen molar-refractivity contribution in [3.63, 3.8) is 0 Å². The van der Waals surface area contributed by atoms with Crippen LogP contribution < -0.4 is 4.90 Å². The summed E-state index contributed by atoms with van der Waals surface area (Å²) in [4.78, 5) is 17.9. The molecule has 1 aromatic heterocycles. The summed E-state index contributed by atoms with van der Waals surface area (Å²) < 4.78 is 0. The Hall–Kier alpha value is -1.10. The molecule has 0 radical (unpaired) electrons. The number of hydrogen-bond acceptors (Lipinski definition) is 4. The molecule has 1 aromatic rings. The Bertz CT molecular complexity index is 418. The Labute approximate surface area is 105 Å². The molecule has 1 saturated heterocycles. The van der Waals surface area contributed by atoms with Gasteiger partial charge in [0.25, 0.3) is 0 Å². The van der Waals surface area contributed by atoms with Gasteiger partial charge in [-0.2, -0.15) is 0 Å². The van der Waals surface area contributed by atoms with Gasteiger partial charge in [-0.05, 0) is 32.6 Å². The SMILES string of the molecule is CCc1csc(N2CCCCC2(C)C(=O)O)n1. The molecular formula is C12H18N2O2S. The van der Waals surface area contributed by atoms with Crippen LogP contribution in [-0.4, -0.2) is 28.1 Å². The van der Waals surface area contributed by atoms with Crippen LogP contribution in [0.1, 0.15) is 38.8 Å². The molecule has 0 bridgehead atoms. The van der Waals surface area contributed by atoms with E-state index < -0.39 is 11.5 Å². The predicted octanol–water partition coefficient (Wildman–Crippen LogP) is 2.54. The van der Waals surface area contributed by atoms with E-state index in [4.69, 9.17) is 0 Å². The third-order valence-electron chi connectivity index (χ3n) is 3.48. The smallest absolute Gasteiger partial charge is 0.329 e. The number of rotatable bonds is 3. The minimum absolute atomic E-state index is 0.698. The van der Waals surface area contributed by atoms with Crippen molar-refractivity contribution in [1.29, 1.82) is 0 Å². The molecule has 0 aliphatic carbocycles. The first-order chi connectivity index (χ1) is 8.08. The van der Waals surface area contributed by atoms with E-state index in [9.17, 15) is 9.90 Å². The van der Waals surface area contributed by atoms with Gasteiger partial charge in [-0.1, -0.05) is 6.92 Å². The molecule has 2 heterocycles. The Morgan fingerprint density at radius 2 is 2.41 bits per heavy atom. The third kappa shape index (κ3) is 2.16. The lowest BCUT2D eigenvalue weighted by Crippen LogP contribution is -2.55. The lowest BCUT2D eigenvalue weighted by atomic mass is 9.89. The molecule has 1 unspecified atom stereocenters. The number of aromatic nitrogens is 1. The molecule has 2 rings (SSSR count). The Morgan fingerprint density at radius 3 is 3.00 bits per heavy atom. The summed E-state index contributed by atoms with van der Waals surface area (Å²) in [5, 5.41) is 12.3. The van der Waals surface area contributed by atoms with Gasteiger partial charge in [0.1, 0.15) is 5.54 Å². The van der Waals surface area contributed by atoms with Gasteiger partial charge in [-0.3, -0.25) is 0 Å². The van der Waals surface area contributed by atoms with Gasteiger partial charge in [0, 0.05) is 11.9 Å². The fraction of sp³-hybridized carbons (Fsp3) is 0.667. The molecule has 1 N–H and O–H groups in total. The third-order valence-corrected chi connectivity index (χ3v) is 4.40. The van der Waals surface area contributed by atoms with Crippen molar-refractivity contribution < 1.29 is 9.90 Å². The molecule has 17 heavy (non-hydrogen) atoms. The van der Waals surface area contributed by atoms with E-state index >= 15 is 0 Å². The van der Waals surface area contributed by atoms with Gasteiger partial charge in [-0.25, -0.2) is 9.78 Å². The molecule has 0 spiro atoms. The number of aliphatic carboxylic acids is 1. The molecule has 1 atom stereocenters. The summed E-state index contributed by atoms with van der Waals surface area (Å²) in [6, 6.07) is 0. The number of carboxylic acids is 1. The van der Waals surface area contributed by atoms with Crippen LogP contribution in [0, 0.1) is 0 Å². The zero-order valence-electron chi connectivity index (χ0n) is 10.3. The highest BCUT2D eigenvalue weighted by molar-refractivity contribution is 7.13. The van der Waals surface area contributed by atoms with Crippen molar-refractivity contribution in [2.75, 3.05) is 11.4 Å². The lowest BCUT2D eigenvalue weighted by molar-refractivity contribution is -0.143. The first kappa shape index (κ1) is 12.4. The highest BCUT2D eigenvalue weighted by Crippen LogP contribution is 2.34. The minimum atomic E-state index is -0.791.